The Kier molecular flexibility index (Phi) is 3.52. The van der Waals surface area contributed by atoms with Crippen molar-refractivity contribution >= 4 is 39.7 Å². The number of thiophene rings is 1. The number of nitrogens with one attached hydrogen (secondary N) is 1. The minimum atomic E-state index is 0.649. The monoisotopic (exact) mass is 371 g/mol. The zero-order chi connectivity index (χ0) is 12.5. The standard InChI is InChI=1S/C13H14IN3S/c1-2-15-13-10(14)11(8-5-6-8)16-12(17-13)9-4-3-7-18-9/h3-4,7-8H,2,5-6H2,1H3,(H,15,16,17). The molecule has 0 unspecified atom stereocenters. The fourth-order valence-corrected chi connectivity index (χ4v) is 3.42. The molecule has 3 nitrogen and oxygen atoms in total. The largest absolute Gasteiger partial charge is 0.369 e. The van der Waals surface area contributed by atoms with E-state index in [2.05, 4.69) is 51.3 Å². The lowest BCUT2D eigenvalue weighted by Crippen LogP contribution is -2.07. The van der Waals surface area contributed by atoms with Crippen LogP contribution in [0.2, 0.25) is 0 Å². The van der Waals surface area contributed by atoms with Gasteiger partial charge in [0.25, 0.3) is 0 Å². The Morgan fingerprint density at radius 1 is 1.44 bits per heavy atom. The average Bonchev–Trinajstić information content (AvgIpc) is 3.06. The van der Waals surface area contributed by atoms with Crippen LogP contribution in [0, 0.1) is 3.57 Å². The highest BCUT2D eigenvalue weighted by Crippen LogP contribution is 2.43. The predicted octanol–water partition coefficient (Wildman–Crippen LogP) is 4.12. The summed E-state index contributed by atoms with van der Waals surface area (Å²) in [6, 6.07) is 4.13. The van der Waals surface area contributed by atoms with Crippen LogP contribution in [0.25, 0.3) is 10.7 Å². The molecule has 2 aromatic heterocycles. The van der Waals surface area contributed by atoms with E-state index in [1.807, 2.05) is 6.07 Å². The van der Waals surface area contributed by atoms with Crippen LogP contribution in [0.3, 0.4) is 0 Å². The highest BCUT2D eigenvalue weighted by Gasteiger charge is 2.29. The molecule has 0 aromatic carbocycles. The van der Waals surface area contributed by atoms with Gasteiger partial charge in [-0.05, 0) is 53.8 Å². The van der Waals surface area contributed by atoms with Gasteiger partial charge in [0.05, 0.1) is 14.1 Å². The normalized spacial score (nSPS) is 14.8. The Bertz CT molecular complexity index is 550. The fraction of sp³-hybridized carbons (Fsp3) is 0.385. The van der Waals surface area contributed by atoms with Crippen LogP contribution >= 0.6 is 33.9 Å². The van der Waals surface area contributed by atoms with Crippen LogP contribution in [-0.4, -0.2) is 16.5 Å². The lowest BCUT2D eigenvalue weighted by atomic mass is 10.2. The van der Waals surface area contributed by atoms with Crippen LogP contribution in [0.15, 0.2) is 17.5 Å². The zero-order valence-corrected chi connectivity index (χ0v) is 13.1. The number of aromatic nitrogens is 2. The van der Waals surface area contributed by atoms with E-state index in [0.29, 0.717) is 5.92 Å². The van der Waals surface area contributed by atoms with Crippen molar-refractivity contribution in [2.24, 2.45) is 0 Å². The van der Waals surface area contributed by atoms with Crippen molar-refractivity contribution in [2.45, 2.75) is 25.7 Å². The first kappa shape index (κ1) is 12.3. The third kappa shape index (κ3) is 2.38. The van der Waals surface area contributed by atoms with E-state index < -0.39 is 0 Å². The fourth-order valence-electron chi connectivity index (χ4n) is 1.89. The predicted molar refractivity (Wildman–Crippen MR) is 84.2 cm³/mol. The van der Waals surface area contributed by atoms with Gasteiger partial charge in [0, 0.05) is 12.5 Å². The lowest BCUT2D eigenvalue weighted by molar-refractivity contribution is 0.974. The lowest BCUT2D eigenvalue weighted by Gasteiger charge is -2.11. The van der Waals surface area contributed by atoms with E-state index in [0.717, 1.165) is 23.1 Å². The molecule has 1 fully saturated rings. The molecule has 5 heteroatoms. The number of anilines is 1. The van der Waals surface area contributed by atoms with Crippen molar-refractivity contribution in [1.29, 1.82) is 0 Å². The van der Waals surface area contributed by atoms with E-state index in [4.69, 9.17) is 4.98 Å². The van der Waals surface area contributed by atoms with Gasteiger partial charge >= 0.3 is 0 Å². The smallest absolute Gasteiger partial charge is 0.171 e. The molecule has 0 bridgehead atoms. The Morgan fingerprint density at radius 2 is 2.28 bits per heavy atom. The molecule has 18 heavy (non-hydrogen) atoms. The van der Waals surface area contributed by atoms with Gasteiger partial charge in [-0.1, -0.05) is 6.07 Å². The van der Waals surface area contributed by atoms with Crippen molar-refractivity contribution in [3.8, 4) is 10.7 Å². The number of hydrogen-bond acceptors (Lipinski definition) is 4. The molecule has 1 aliphatic carbocycles. The summed E-state index contributed by atoms with van der Waals surface area (Å²) < 4.78 is 1.19. The molecule has 3 rings (SSSR count). The minimum Gasteiger partial charge on any atom is -0.369 e. The van der Waals surface area contributed by atoms with Gasteiger partial charge in [-0.2, -0.15) is 0 Å². The molecular formula is C13H14IN3S. The number of rotatable bonds is 4. The zero-order valence-electron chi connectivity index (χ0n) is 10.1. The van der Waals surface area contributed by atoms with Gasteiger partial charge in [-0.25, -0.2) is 9.97 Å². The number of hydrogen-bond donors (Lipinski definition) is 1. The maximum absolute atomic E-state index is 4.77. The topological polar surface area (TPSA) is 37.8 Å². The highest BCUT2D eigenvalue weighted by molar-refractivity contribution is 14.1. The molecule has 1 N–H and O–H groups in total. The van der Waals surface area contributed by atoms with E-state index in [-0.39, 0.29) is 0 Å². The van der Waals surface area contributed by atoms with Crippen molar-refractivity contribution < 1.29 is 0 Å². The summed E-state index contributed by atoms with van der Waals surface area (Å²) >= 11 is 4.06. The number of nitrogens with zero attached hydrogens (tertiary/aromatic N) is 2. The Morgan fingerprint density at radius 3 is 2.89 bits per heavy atom. The molecule has 0 atom stereocenters. The first-order valence-corrected chi connectivity index (χ1v) is 8.10. The van der Waals surface area contributed by atoms with Crippen molar-refractivity contribution in [3.63, 3.8) is 0 Å². The quantitative estimate of drug-likeness (QED) is 0.822. The van der Waals surface area contributed by atoms with Crippen LogP contribution in [-0.2, 0) is 0 Å². The molecule has 2 aromatic rings. The molecule has 0 radical (unpaired) electrons. The third-order valence-corrected chi connectivity index (χ3v) is 4.86. The van der Waals surface area contributed by atoms with E-state index in [9.17, 15) is 0 Å². The van der Waals surface area contributed by atoms with E-state index in [1.165, 1.54) is 22.1 Å². The summed E-state index contributed by atoms with van der Waals surface area (Å²) in [4.78, 5) is 10.6. The summed E-state index contributed by atoms with van der Waals surface area (Å²) in [5, 5.41) is 5.42. The average molecular weight is 371 g/mol. The molecular weight excluding hydrogens is 357 g/mol. The SMILES string of the molecule is CCNc1nc(-c2cccs2)nc(C2CC2)c1I. The summed E-state index contributed by atoms with van der Waals surface area (Å²) in [5.74, 6) is 2.50. The Labute approximate surface area is 124 Å². The van der Waals surface area contributed by atoms with Crippen LogP contribution < -0.4 is 5.32 Å². The molecule has 0 spiro atoms. The first-order valence-electron chi connectivity index (χ1n) is 6.14. The molecule has 0 amide bonds. The van der Waals surface area contributed by atoms with Crippen molar-refractivity contribution in [2.75, 3.05) is 11.9 Å². The molecule has 1 aliphatic rings. The number of halogens is 1. The van der Waals surface area contributed by atoms with Gasteiger partial charge in [-0.3, -0.25) is 0 Å². The molecule has 0 saturated heterocycles. The van der Waals surface area contributed by atoms with Gasteiger partial charge < -0.3 is 5.32 Å². The van der Waals surface area contributed by atoms with Gasteiger partial charge in [-0.15, -0.1) is 11.3 Å². The summed E-state index contributed by atoms with van der Waals surface area (Å²) in [6.07, 6.45) is 2.53. The minimum absolute atomic E-state index is 0.649. The Hall–Kier alpha value is -0.690. The second-order valence-corrected chi connectivity index (χ2v) is 6.40. The third-order valence-electron chi connectivity index (χ3n) is 2.93. The van der Waals surface area contributed by atoms with Gasteiger partial charge in [0.2, 0.25) is 0 Å². The van der Waals surface area contributed by atoms with Gasteiger partial charge in [0.15, 0.2) is 5.82 Å². The van der Waals surface area contributed by atoms with Crippen molar-refractivity contribution in [1.82, 2.24) is 9.97 Å². The van der Waals surface area contributed by atoms with E-state index >= 15 is 0 Å². The van der Waals surface area contributed by atoms with Crippen LogP contribution in [0.4, 0.5) is 5.82 Å². The molecule has 2 heterocycles. The summed E-state index contributed by atoms with van der Waals surface area (Å²) in [5.41, 5.74) is 1.23. The highest BCUT2D eigenvalue weighted by atomic mass is 127. The van der Waals surface area contributed by atoms with E-state index in [1.54, 1.807) is 11.3 Å². The molecule has 94 valence electrons. The molecule has 1 saturated carbocycles. The second kappa shape index (κ2) is 5.13. The molecule has 0 aliphatic heterocycles. The Balaban J connectivity index is 2.09. The van der Waals surface area contributed by atoms with Gasteiger partial charge in [0.1, 0.15) is 5.82 Å². The van der Waals surface area contributed by atoms with Crippen LogP contribution in [0.5, 0.6) is 0 Å². The maximum atomic E-state index is 4.77. The first-order chi connectivity index (χ1) is 8.79. The summed E-state index contributed by atoms with van der Waals surface area (Å²) in [6.45, 7) is 2.99. The van der Waals surface area contributed by atoms with Crippen molar-refractivity contribution in [3.05, 3.63) is 26.8 Å². The second-order valence-electron chi connectivity index (χ2n) is 4.38. The summed E-state index contributed by atoms with van der Waals surface area (Å²) in [7, 11) is 0. The maximum Gasteiger partial charge on any atom is 0.171 e. The van der Waals surface area contributed by atoms with Crippen LogP contribution in [0.1, 0.15) is 31.4 Å².